The van der Waals surface area contributed by atoms with Crippen molar-refractivity contribution in [2.24, 2.45) is 0 Å². The molecule has 0 radical (unpaired) electrons. The van der Waals surface area contributed by atoms with Crippen LogP contribution in [0.1, 0.15) is 52.7 Å². The smallest absolute Gasteiger partial charge is 0.251 e. The molecular weight excluding hydrogens is 404 g/mol. The molecule has 1 N–H and O–H groups in total. The lowest BCUT2D eigenvalue weighted by Crippen LogP contribution is -2.41. The average Bonchev–Trinajstić information content (AvgIpc) is 3.11. The number of nitrogens with one attached hydrogen (secondary N) is 1. The zero-order chi connectivity index (χ0) is 22.6. The predicted octanol–water partition coefficient (Wildman–Crippen LogP) is 5.72. The number of fused-ring (bicyclic) bond motifs is 2. The van der Waals surface area contributed by atoms with Crippen LogP contribution in [0.3, 0.4) is 0 Å². The standard InChI is InChI=1S/C30H32N2O/c1-31-30(33)25-14-12-24(13-15-25)29(23-10-6-3-7-11-23)26-20-27-16-17-28(21-26)32(27)19-18-22-8-4-2-5-9-22/h2-15,27-28H,16-21H2,1H3,(H,31,33). The molecule has 2 aliphatic rings. The van der Waals surface area contributed by atoms with Crippen molar-refractivity contribution in [1.82, 2.24) is 10.2 Å². The Morgan fingerprint density at radius 2 is 1.33 bits per heavy atom. The summed E-state index contributed by atoms with van der Waals surface area (Å²) in [4.78, 5) is 14.8. The minimum Gasteiger partial charge on any atom is -0.355 e. The van der Waals surface area contributed by atoms with Crippen molar-refractivity contribution in [2.45, 2.75) is 44.2 Å². The van der Waals surface area contributed by atoms with Gasteiger partial charge >= 0.3 is 0 Å². The number of hydrogen-bond donors (Lipinski definition) is 1. The number of benzene rings is 3. The van der Waals surface area contributed by atoms with E-state index in [0.29, 0.717) is 17.6 Å². The fourth-order valence-electron chi connectivity index (χ4n) is 5.69. The fraction of sp³-hybridized carbons (Fsp3) is 0.300. The van der Waals surface area contributed by atoms with Gasteiger partial charge in [0.15, 0.2) is 0 Å². The number of piperidine rings is 1. The van der Waals surface area contributed by atoms with Gasteiger partial charge < -0.3 is 5.32 Å². The van der Waals surface area contributed by atoms with Gasteiger partial charge in [0.05, 0.1) is 0 Å². The molecule has 0 aliphatic carbocycles. The van der Waals surface area contributed by atoms with E-state index in [1.807, 2.05) is 12.1 Å². The summed E-state index contributed by atoms with van der Waals surface area (Å²) in [5.74, 6) is -0.0415. The Hall–Kier alpha value is -3.17. The lowest BCUT2D eigenvalue weighted by atomic mass is 9.85. The third kappa shape index (κ3) is 4.65. The van der Waals surface area contributed by atoms with Crippen molar-refractivity contribution in [3.63, 3.8) is 0 Å². The monoisotopic (exact) mass is 436 g/mol. The third-order valence-corrected chi connectivity index (χ3v) is 7.32. The summed E-state index contributed by atoms with van der Waals surface area (Å²) in [6, 6.07) is 31.0. The van der Waals surface area contributed by atoms with Crippen LogP contribution in [0, 0.1) is 0 Å². The van der Waals surface area contributed by atoms with E-state index in [4.69, 9.17) is 0 Å². The Labute approximate surface area is 197 Å². The number of amides is 1. The van der Waals surface area contributed by atoms with Crippen LogP contribution >= 0.6 is 0 Å². The molecule has 1 amide bonds. The van der Waals surface area contributed by atoms with Gasteiger partial charge in [0.1, 0.15) is 0 Å². The molecule has 0 spiro atoms. The van der Waals surface area contributed by atoms with Gasteiger partial charge in [0, 0.05) is 31.2 Å². The maximum absolute atomic E-state index is 12.0. The maximum atomic E-state index is 12.0. The molecule has 2 aliphatic heterocycles. The molecule has 2 heterocycles. The molecule has 3 aromatic carbocycles. The van der Waals surface area contributed by atoms with E-state index in [1.54, 1.807) is 12.6 Å². The summed E-state index contributed by atoms with van der Waals surface area (Å²) in [6.45, 7) is 1.15. The normalized spacial score (nSPS) is 20.0. The summed E-state index contributed by atoms with van der Waals surface area (Å²) in [6.07, 6.45) is 5.97. The number of carbonyl (C=O) groups is 1. The van der Waals surface area contributed by atoms with Crippen LogP contribution in [-0.4, -0.2) is 36.5 Å². The molecule has 33 heavy (non-hydrogen) atoms. The summed E-state index contributed by atoms with van der Waals surface area (Å²) in [7, 11) is 1.68. The first-order valence-corrected chi connectivity index (χ1v) is 12.1. The number of carbonyl (C=O) groups excluding carboxylic acids is 1. The highest BCUT2D eigenvalue weighted by Crippen LogP contribution is 2.42. The van der Waals surface area contributed by atoms with E-state index in [2.05, 4.69) is 83.0 Å². The van der Waals surface area contributed by atoms with Crippen molar-refractivity contribution in [2.75, 3.05) is 13.6 Å². The Morgan fingerprint density at radius 3 is 1.94 bits per heavy atom. The van der Waals surface area contributed by atoms with Crippen LogP contribution in [0.25, 0.3) is 5.57 Å². The van der Waals surface area contributed by atoms with E-state index < -0.39 is 0 Å². The molecule has 2 atom stereocenters. The molecule has 168 valence electrons. The summed E-state index contributed by atoms with van der Waals surface area (Å²) < 4.78 is 0. The number of nitrogens with zero attached hydrogens (tertiary/aromatic N) is 1. The van der Waals surface area contributed by atoms with Crippen molar-refractivity contribution >= 4 is 11.5 Å². The van der Waals surface area contributed by atoms with Crippen LogP contribution in [0.15, 0.2) is 90.5 Å². The van der Waals surface area contributed by atoms with Crippen molar-refractivity contribution in [3.8, 4) is 0 Å². The fourth-order valence-corrected chi connectivity index (χ4v) is 5.69. The molecule has 3 heteroatoms. The van der Waals surface area contributed by atoms with Crippen LogP contribution < -0.4 is 5.32 Å². The van der Waals surface area contributed by atoms with Crippen molar-refractivity contribution in [3.05, 3.63) is 113 Å². The van der Waals surface area contributed by atoms with Crippen LogP contribution in [0.2, 0.25) is 0 Å². The highest BCUT2D eigenvalue weighted by atomic mass is 16.1. The second-order valence-electron chi connectivity index (χ2n) is 9.27. The summed E-state index contributed by atoms with van der Waals surface area (Å²) in [5.41, 5.74) is 7.54. The van der Waals surface area contributed by atoms with Gasteiger partial charge in [0.2, 0.25) is 0 Å². The molecule has 2 unspecified atom stereocenters. The van der Waals surface area contributed by atoms with Crippen molar-refractivity contribution in [1.29, 1.82) is 0 Å². The van der Waals surface area contributed by atoms with E-state index >= 15 is 0 Å². The van der Waals surface area contributed by atoms with Gasteiger partial charge in [-0.25, -0.2) is 0 Å². The second-order valence-corrected chi connectivity index (χ2v) is 9.27. The summed E-state index contributed by atoms with van der Waals surface area (Å²) >= 11 is 0. The van der Waals surface area contributed by atoms with E-state index in [-0.39, 0.29) is 5.91 Å². The van der Waals surface area contributed by atoms with Crippen LogP contribution in [0.4, 0.5) is 0 Å². The van der Waals surface area contributed by atoms with Gasteiger partial charge in [-0.15, -0.1) is 0 Å². The molecular formula is C30H32N2O. The Morgan fingerprint density at radius 1 is 0.788 bits per heavy atom. The maximum Gasteiger partial charge on any atom is 0.251 e. The number of hydrogen-bond acceptors (Lipinski definition) is 2. The second kappa shape index (κ2) is 9.76. The number of rotatable bonds is 6. The first kappa shape index (κ1) is 21.7. The van der Waals surface area contributed by atoms with Crippen LogP contribution in [-0.2, 0) is 6.42 Å². The molecule has 0 saturated carbocycles. The first-order chi connectivity index (χ1) is 16.2. The first-order valence-electron chi connectivity index (χ1n) is 12.1. The average molecular weight is 437 g/mol. The summed E-state index contributed by atoms with van der Waals surface area (Å²) in [5, 5.41) is 2.72. The largest absolute Gasteiger partial charge is 0.355 e. The van der Waals surface area contributed by atoms with Gasteiger partial charge in [-0.1, -0.05) is 78.4 Å². The molecule has 3 nitrogen and oxygen atoms in total. The van der Waals surface area contributed by atoms with Crippen LogP contribution in [0.5, 0.6) is 0 Å². The zero-order valence-corrected chi connectivity index (χ0v) is 19.3. The Balaban J connectivity index is 1.43. The molecule has 2 saturated heterocycles. The van der Waals surface area contributed by atoms with Gasteiger partial charge in [-0.05, 0) is 66.5 Å². The van der Waals surface area contributed by atoms with Gasteiger partial charge in [-0.2, -0.15) is 0 Å². The van der Waals surface area contributed by atoms with Crippen molar-refractivity contribution < 1.29 is 4.79 Å². The highest BCUT2D eigenvalue weighted by molar-refractivity contribution is 5.94. The third-order valence-electron chi connectivity index (χ3n) is 7.32. The van der Waals surface area contributed by atoms with E-state index in [1.165, 1.54) is 35.1 Å². The lowest BCUT2D eigenvalue weighted by molar-refractivity contribution is 0.0963. The molecule has 0 aromatic heterocycles. The van der Waals surface area contributed by atoms with Gasteiger partial charge in [0.25, 0.3) is 5.91 Å². The Kier molecular flexibility index (Phi) is 6.41. The minimum absolute atomic E-state index is 0.0415. The quantitative estimate of drug-likeness (QED) is 0.536. The van der Waals surface area contributed by atoms with E-state index in [9.17, 15) is 4.79 Å². The Bertz CT molecular complexity index is 1100. The molecule has 5 rings (SSSR count). The molecule has 3 aromatic rings. The van der Waals surface area contributed by atoms with E-state index in [0.717, 1.165) is 25.8 Å². The highest BCUT2D eigenvalue weighted by Gasteiger charge is 2.39. The lowest BCUT2D eigenvalue weighted by Gasteiger charge is -2.37. The molecule has 2 fully saturated rings. The topological polar surface area (TPSA) is 32.3 Å². The van der Waals surface area contributed by atoms with Gasteiger partial charge in [-0.3, -0.25) is 9.69 Å². The minimum atomic E-state index is -0.0415. The zero-order valence-electron chi connectivity index (χ0n) is 19.3. The molecule has 2 bridgehead atoms. The SMILES string of the molecule is CNC(=O)c1ccc(C(=C2CC3CCC(C2)N3CCc2ccccc2)c2ccccc2)cc1. The predicted molar refractivity (Wildman–Crippen MR) is 135 cm³/mol.